The molecule has 1 aliphatic rings. The average Bonchev–Trinajstić information content (AvgIpc) is 3.02. The summed E-state index contributed by atoms with van der Waals surface area (Å²) in [5, 5.41) is 0. The van der Waals surface area contributed by atoms with Crippen molar-refractivity contribution in [3.05, 3.63) is 17.7 Å². The molecule has 0 saturated heterocycles. The topological polar surface area (TPSA) is 27.7 Å². The molecule has 0 radical (unpaired) electrons. The summed E-state index contributed by atoms with van der Waals surface area (Å²) in [4.78, 5) is 0.271. The fourth-order valence-electron chi connectivity index (χ4n) is 3.52. The van der Waals surface area contributed by atoms with Gasteiger partial charge in [0.25, 0.3) is 0 Å². The van der Waals surface area contributed by atoms with E-state index in [0.717, 1.165) is 11.3 Å². The number of hydrogen-bond donors (Lipinski definition) is 0. The predicted molar refractivity (Wildman–Crippen MR) is 89.0 cm³/mol. The normalized spacial score (nSPS) is 18.3. The Labute approximate surface area is 136 Å². The van der Waals surface area contributed by atoms with Crippen LogP contribution in [0.5, 0.6) is 17.2 Å². The van der Waals surface area contributed by atoms with Gasteiger partial charge in [-0.1, -0.05) is 41.8 Å². The maximum atomic E-state index is 5.65. The summed E-state index contributed by atoms with van der Waals surface area (Å²) < 4.78 is 16.5. The Morgan fingerprint density at radius 2 is 1.67 bits per heavy atom. The highest BCUT2D eigenvalue weighted by Gasteiger charge is 2.41. The number of methoxy groups -OCH3 is 3. The van der Waals surface area contributed by atoms with Crippen molar-refractivity contribution in [1.29, 1.82) is 0 Å². The molecule has 0 aliphatic heterocycles. The van der Waals surface area contributed by atoms with E-state index >= 15 is 0 Å². The van der Waals surface area contributed by atoms with Crippen LogP contribution in [0.2, 0.25) is 0 Å². The first-order valence-corrected chi connectivity index (χ1v) is 8.48. The van der Waals surface area contributed by atoms with Crippen molar-refractivity contribution in [2.24, 2.45) is 5.41 Å². The molecule has 0 bridgehead atoms. The van der Waals surface area contributed by atoms with E-state index < -0.39 is 0 Å². The van der Waals surface area contributed by atoms with Crippen LogP contribution in [0.15, 0.2) is 12.1 Å². The Kier molecular flexibility index (Phi) is 5.42. The molecule has 1 aromatic rings. The summed E-state index contributed by atoms with van der Waals surface area (Å²) >= 11 is 3.96. The van der Waals surface area contributed by atoms with Crippen LogP contribution in [0.3, 0.4) is 0 Å². The average molecular weight is 357 g/mol. The smallest absolute Gasteiger partial charge is 0.203 e. The largest absolute Gasteiger partial charge is 0.493 e. The van der Waals surface area contributed by atoms with Crippen LogP contribution in [-0.4, -0.2) is 21.3 Å². The Bertz CT molecular complexity index is 481. The quantitative estimate of drug-likeness (QED) is 0.662. The first-order valence-electron chi connectivity index (χ1n) is 7.56. The molecular weight excluding hydrogens is 332 g/mol. The van der Waals surface area contributed by atoms with Crippen molar-refractivity contribution >= 4 is 15.9 Å². The van der Waals surface area contributed by atoms with E-state index in [0.29, 0.717) is 16.9 Å². The lowest BCUT2D eigenvalue weighted by Crippen LogP contribution is -2.21. The molecule has 1 aromatic carbocycles. The number of halogens is 1. The molecule has 0 aromatic heterocycles. The van der Waals surface area contributed by atoms with Crippen molar-refractivity contribution < 1.29 is 14.2 Å². The van der Waals surface area contributed by atoms with Crippen LogP contribution in [0.4, 0.5) is 0 Å². The van der Waals surface area contributed by atoms with Crippen LogP contribution in [0, 0.1) is 5.41 Å². The molecule has 2 rings (SSSR count). The van der Waals surface area contributed by atoms with Crippen LogP contribution in [0.1, 0.15) is 49.4 Å². The lowest BCUT2D eigenvalue weighted by molar-refractivity contribution is 0.270. The highest BCUT2D eigenvalue weighted by Crippen LogP contribution is 2.57. The fourth-order valence-corrected chi connectivity index (χ4v) is 4.66. The van der Waals surface area contributed by atoms with E-state index in [-0.39, 0.29) is 4.83 Å². The molecule has 3 nitrogen and oxygen atoms in total. The van der Waals surface area contributed by atoms with Gasteiger partial charge in [-0.2, -0.15) is 0 Å². The standard InChI is InChI=1S/C17H25BrO3/c1-5-17(10-6-7-11-17)16(18)12-8-9-13(19-2)15(21-4)14(12)20-3/h8-9,16H,5-7,10-11H2,1-4H3. The molecule has 1 aliphatic carbocycles. The molecule has 1 fully saturated rings. The Balaban J connectivity index is 2.47. The van der Waals surface area contributed by atoms with Gasteiger partial charge < -0.3 is 14.2 Å². The lowest BCUT2D eigenvalue weighted by Gasteiger charge is -2.34. The summed E-state index contributed by atoms with van der Waals surface area (Å²) in [5.74, 6) is 2.15. The van der Waals surface area contributed by atoms with Gasteiger partial charge in [-0.05, 0) is 30.7 Å². The molecule has 0 N–H and O–H groups in total. The lowest BCUT2D eigenvalue weighted by atomic mass is 9.77. The predicted octanol–water partition coefficient (Wildman–Crippen LogP) is 5.12. The Morgan fingerprint density at radius 3 is 2.14 bits per heavy atom. The van der Waals surface area contributed by atoms with Crippen LogP contribution < -0.4 is 14.2 Å². The zero-order valence-corrected chi connectivity index (χ0v) is 15.0. The molecule has 0 amide bonds. The second-order valence-electron chi connectivity index (χ2n) is 5.71. The number of alkyl halides is 1. The number of hydrogen-bond acceptors (Lipinski definition) is 3. The van der Waals surface area contributed by atoms with Crippen molar-refractivity contribution in [1.82, 2.24) is 0 Å². The monoisotopic (exact) mass is 356 g/mol. The van der Waals surface area contributed by atoms with Gasteiger partial charge in [0.15, 0.2) is 11.5 Å². The third kappa shape index (κ3) is 2.87. The van der Waals surface area contributed by atoms with Crippen molar-refractivity contribution in [2.75, 3.05) is 21.3 Å². The number of rotatable bonds is 6. The van der Waals surface area contributed by atoms with Gasteiger partial charge in [0, 0.05) is 10.4 Å². The highest BCUT2D eigenvalue weighted by molar-refractivity contribution is 9.09. The molecule has 0 heterocycles. The van der Waals surface area contributed by atoms with Crippen molar-refractivity contribution in [3.63, 3.8) is 0 Å². The van der Waals surface area contributed by atoms with E-state index in [1.807, 2.05) is 6.07 Å². The van der Waals surface area contributed by atoms with E-state index in [2.05, 4.69) is 28.9 Å². The highest BCUT2D eigenvalue weighted by atomic mass is 79.9. The first-order chi connectivity index (χ1) is 10.1. The van der Waals surface area contributed by atoms with E-state index in [1.165, 1.54) is 32.1 Å². The van der Waals surface area contributed by atoms with Crippen molar-refractivity contribution in [2.45, 2.75) is 43.9 Å². The van der Waals surface area contributed by atoms with E-state index in [1.54, 1.807) is 21.3 Å². The third-order valence-corrected chi connectivity index (χ3v) is 6.31. The van der Waals surface area contributed by atoms with Gasteiger partial charge in [0.1, 0.15) is 0 Å². The minimum absolute atomic E-state index is 0.271. The minimum Gasteiger partial charge on any atom is -0.493 e. The zero-order chi connectivity index (χ0) is 15.5. The second kappa shape index (κ2) is 6.91. The molecular formula is C17H25BrO3. The minimum atomic E-state index is 0.271. The molecule has 0 spiro atoms. The van der Waals surface area contributed by atoms with Crippen LogP contribution in [-0.2, 0) is 0 Å². The van der Waals surface area contributed by atoms with Gasteiger partial charge in [0.2, 0.25) is 5.75 Å². The fraction of sp³-hybridized carbons (Fsp3) is 0.647. The Morgan fingerprint density at radius 1 is 1.05 bits per heavy atom. The summed E-state index contributed by atoms with van der Waals surface area (Å²) in [6.45, 7) is 2.28. The summed E-state index contributed by atoms with van der Waals surface area (Å²) in [6.07, 6.45) is 6.31. The molecule has 21 heavy (non-hydrogen) atoms. The van der Waals surface area contributed by atoms with E-state index in [4.69, 9.17) is 14.2 Å². The number of ether oxygens (including phenoxy) is 3. The third-order valence-electron chi connectivity index (χ3n) is 4.85. The maximum absolute atomic E-state index is 5.65. The molecule has 4 heteroatoms. The Hall–Kier alpha value is -0.900. The molecule has 1 unspecified atom stereocenters. The summed E-state index contributed by atoms with van der Waals surface area (Å²) in [7, 11) is 4.99. The number of benzene rings is 1. The molecule has 118 valence electrons. The maximum Gasteiger partial charge on any atom is 0.203 e. The van der Waals surface area contributed by atoms with Gasteiger partial charge in [-0.15, -0.1) is 0 Å². The summed E-state index contributed by atoms with van der Waals surface area (Å²) in [6, 6.07) is 4.05. The van der Waals surface area contributed by atoms with E-state index in [9.17, 15) is 0 Å². The van der Waals surface area contributed by atoms with Crippen LogP contribution in [0.25, 0.3) is 0 Å². The molecule has 1 saturated carbocycles. The summed E-state index contributed by atoms with van der Waals surface area (Å²) in [5.41, 5.74) is 1.46. The van der Waals surface area contributed by atoms with Gasteiger partial charge in [-0.25, -0.2) is 0 Å². The van der Waals surface area contributed by atoms with Gasteiger partial charge in [0.05, 0.1) is 21.3 Å². The van der Waals surface area contributed by atoms with Crippen LogP contribution >= 0.6 is 15.9 Å². The van der Waals surface area contributed by atoms with Gasteiger partial charge >= 0.3 is 0 Å². The first kappa shape index (κ1) is 16.5. The zero-order valence-electron chi connectivity index (χ0n) is 13.4. The SMILES string of the molecule is CCC1(C(Br)c2ccc(OC)c(OC)c2OC)CCCC1. The second-order valence-corrected chi connectivity index (χ2v) is 6.62. The molecule has 1 atom stereocenters. The van der Waals surface area contributed by atoms with Crippen molar-refractivity contribution in [3.8, 4) is 17.2 Å². The van der Waals surface area contributed by atoms with Gasteiger partial charge in [-0.3, -0.25) is 0 Å².